The fraction of sp³-hybridized carbons (Fsp3) is 0.125. The molecule has 0 saturated heterocycles. The first-order valence-electron chi connectivity index (χ1n) is 13.3. The first-order valence-corrected chi connectivity index (χ1v) is 13.7. The number of hydrazone groups is 1. The first kappa shape index (κ1) is 30.1. The predicted octanol–water partition coefficient (Wildman–Crippen LogP) is 7.31. The maximum atomic E-state index is 13.9. The van der Waals surface area contributed by atoms with E-state index < -0.39 is 22.3 Å². The van der Waals surface area contributed by atoms with Crippen molar-refractivity contribution in [3.05, 3.63) is 140 Å². The fourth-order valence-corrected chi connectivity index (χ4v) is 4.71. The highest BCUT2D eigenvalue weighted by atomic mass is 35.5. The third-order valence-corrected chi connectivity index (χ3v) is 6.87. The summed E-state index contributed by atoms with van der Waals surface area (Å²) in [7, 11) is 0. The van der Waals surface area contributed by atoms with Gasteiger partial charge in [-0.2, -0.15) is 5.10 Å². The van der Waals surface area contributed by atoms with Gasteiger partial charge < -0.3 is 18.5 Å². The molecule has 0 atom stereocenters. The second kappa shape index (κ2) is 13.3. The molecular formula is C32H26ClFN4O6. The van der Waals surface area contributed by atoms with Crippen molar-refractivity contribution in [2.45, 2.75) is 27.1 Å². The summed E-state index contributed by atoms with van der Waals surface area (Å²) >= 11 is 6.24. The number of aromatic nitrogens is 1. The van der Waals surface area contributed by atoms with Crippen molar-refractivity contribution in [2.75, 3.05) is 0 Å². The van der Waals surface area contributed by atoms with E-state index >= 15 is 0 Å². The van der Waals surface area contributed by atoms with Gasteiger partial charge in [-0.25, -0.2) is 9.82 Å². The summed E-state index contributed by atoms with van der Waals surface area (Å²) in [4.78, 5) is 23.5. The van der Waals surface area contributed by atoms with Crippen LogP contribution in [0, 0.1) is 29.8 Å². The molecule has 1 N–H and O–H groups in total. The number of carbonyl (C=O) groups excluding carboxylic acids is 1. The normalized spacial score (nSPS) is 11.1. The number of nitrogens with one attached hydrogen (secondary N) is 1. The Labute approximate surface area is 256 Å². The number of halogens is 2. The van der Waals surface area contributed by atoms with Crippen LogP contribution in [0.1, 0.15) is 38.8 Å². The molecule has 10 nitrogen and oxygen atoms in total. The van der Waals surface area contributed by atoms with Crippen molar-refractivity contribution in [3.63, 3.8) is 0 Å². The zero-order chi connectivity index (χ0) is 31.2. The lowest BCUT2D eigenvalue weighted by molar-refractivity contribution is -0.385. The molecule has 0 aliphatic heterocycles. The molecule has 2 heterocycles. The number of nitro benzene ring substituents is 1. The Morgan fingerprint density at radius 3 is 2.45 bits per heavy atom. The van der Waals surface area contributed by atoms with Crippen molar-refractivity contribution < 1.29 is 28.0 Å². The quantitative estimate of drug-likeness (QED) is 0.0943. The van der Waals surface area contributed by atoms with E-state index in [1.807, 2.05) is 38.1 Å². The second-order valence-electron chi connectivity index (χ2n) is 9.69. The lowest BCUT2D eigenvalue weighted by Crippen LogP contribution is -2.16. The number of amides is 1. The van der Waals surface area contributed by atoms with Crippen LogP contribution < -0.4 is 14.9 Å². The summed E-state index contributed by atoms with van der Waals surface area (Å²) in [5.74, 6) is -0.303. The molecule has 0 saturated carbocycles. The van der Waals surface area contributed by atoms with E-state index in [4.69, 9.17) is 25.5 Å². The third kappa shape index (κ3) is 6.96. The van der Waals surface area contributed by atoms with E-state index in [0.29, 0.717) is 11.5 Å². The topological polar surface area (TPSA) is 121 Å². The number of aryl methyl sites for hydroxylation is 2. The van der Waals surface area contributed by atoms with Crippen molar-refractivity contribution in [1.82, 2.24) is 9.99 Å². The van der Waals surface area contributed by atoms with Crippen LogP contribution in [-0.4, -0.2) is 21.6 Å². The number of ether oxygens (including phenoxy) is 2. The average Bonchev–Trinajstić information content (AvgIpc) is 3.62. The zero-order valence-electron chi connectivity index (χ0n) is 23.6. The first-order chi connectivity index (χ1) is 21.2. The summed E-state index contributed by atoms with van der Waals surface area (Å²) in [5, 5.41) is 15.4. The maximum Gasteiger partial charge on any atom is 0.313 e. The number of benzene rings is 3. The Bertz CT molecular complexity index is 1830. The van der Waals surface area contributed by atoms with Crippen molar-refractivity contribution in [3.8, 4) is 17.2 Å². The highest BCUT2D eigenvalue weighted by Gasteiger charge is 2.21. The smallest absolute Gasteiger partial charge is 0.313 e. The molecule has 5 aromatic rings. The van der Waals surface area contributed by atoms with Gasteiger partial charge in [0.15, 0.2) is 5.76 Å². The molecule has 3 aromatic carbocycles. The molecule has 0 bridgehead atoms. The van der Waals surface area contributed by atoms with Gasteiger partial charge in [0.05, 0.1) is 16.2 Å². The standard InChI is InChI=1S/C32H26ClFN4O6/c1-20-7-8-21(2)37(20)24-9-11-25(12-10-24)42-19-26-13-14-30(44-26)32(39)36-35-17-22-15-27(33)31(29(16-22)38(40)41)43-18-23-5-3-4-6-28(23)34/h3-17H,18-19H2,1-2H3,(H,36,39)/b35-17+. The van der Waals surface area contributed by atoms with Crippen molar-refractivity contribution in [1.29, 1.82) is 0 Å². The van der Waals surface area contributed by atoms with Crippen LogP contribution in [0.2, 0.25) is 5.02 Å². The molecule has 5 rings (SSSR count). The van der Waals surface area contributed by atoms with Crippen LogP contribution in [0.4, 0.5) is 10.1 Å². The van der Waals surface area contributed by atoms with E-state index in [1.54, 1.807) is 12.1 Å². The van der Waals surface area contributed by atoms with Gasteiger partial charge in [0.1, 0.15) is 30.5 Å². The minimum absolute atomic E-state index is 0.00411. The summed E-state index contributed by atoms with van der Waals surface area (Å²) in [6.07, 6.45) is 1.19. The Balaban J connectivity index is 1.17. The van der Waals surface area contributed by atoms with E-state index in [1.165, 1.54) is 42.6 Å². The van der Waals surface area contributed by atoms with Crippen LogP contribution >= 0.6 is 11.6 Å². The van der Waals surface area contributed by atoms with E-state index in [-0.39, 0.29) is 40.9 Å². The van der Waals surface area contributed by atoms with Crippen LogP contribution in [0.15, 0.2) is 94.4 Å². The van der Waals surface area contributed by atoms with Crippen molar-refractivity contribution >= 4 is 29.4 Å². The van der Waals surface area contributed by atoms with Gasteiger partial charge in [0.25, 0.3) is 0 Å². The molecule has 1 amide bonds. The number of furan rings is 1. The van der Waals surface area contributed by atoms with Crippen LogP contribution in [-0.2, 0) is 13.2 Å². The Hall–Kier alpha value is -5.42. The van der Waals surface area contributed by atoms with Gasteiger partial charge in [0.2, 0.25) is 5.75 Å². The van der Waals surface area contributed by atoms with E-state index in [2.05, 4.69) is 27.2 Å². The number of hydrogen-bond acceptors (Lipinski definition) is 7. The Morgan fingerprint density at radius 2 is 1.75 bits per heavy atom. The lowest BCUT2D eigenvalue weighted by atomic mass is 10.2. The Morgan fingerprint density at radius 1 is 1.02 bits per heavy atom. The molecule has 224 valence electrons. The van der Waals surface area contributed by atoms with Crippen LogP contribution in [0.3, 0.4) is 0 Å². The van der Waals surface area contributed by atoms with Gasteiger partial charge in [-0.1, -0.05) is 29.8 Å². The van der Waals surface area contributed by atoms with Crippen LogP contribution in [0.5, 0.6) is 11.5 Å². The summed E-state index contributed by atoms with van der Waals surface area (Å²) in [6.45, 7) is 3.93. The number of carbonyl (C=O) groups is 1. The Kier molecular flexibility index (Phi) is 9.06. The molecule has 0 unspecified atom stereocenters. The second-order valence-corrected chi connectivity index (χ2v) is 10.1. The monoisotopic (exact) mass is 616 g/mol. The summed E-state index contributed by atoms with van der Waals surface area (Å²) in [6, 6.07) is 23.3. The van der Waals surface area contributed by atoms with E-state index in [0.717, 1.165) is 17.1 Å². The number of rotatable bonds is 11. The molecule has 0 radical (unpaired) electrons. The molecule has 0 spiro atoms. The molecule has 0 aliphatic carbocycles. The van der Waals surface area contributed by atoms with E-state index in [9.17, 15) is 19.3 Å². The van der Waals surface area contributed by atoms with Gasteiger partial charge in [-0.3, -0.25) is 14.9 Å². The highest BCUT2D eigenvalue weighted by Crippen LogP contribution is 2.36. The largest absolute Gasteiger partial charge is 0.486 e. The fourth-order valence-electron chi connectivity index (χ4n) is 4.44. The zero-order valence-corrected chi connectivity index (χ0v) is 24.4. The highest BCUT2D eigenvalue weighted by molar-refractivity contribution is 6.32. The minimum Gasteiger partial charge on any atom is -0.486 e. The maximum absolute atomic E-state index is 13.9. The number of nitro groups is 1. The molecule has 0 aliphatic rings. The average molecular weight is 617 g/mol. The van der Waals surface area contributed by atoms with Gasteiger partial charge in [-0.15, -0.1) is 0 Å². The summed E-state index contributed by atoms with van der Waals surface area (Å²) in [5.41, 5.74) is 5.59. The molecule has 2 aromatic heterocycles. The molecule has 12 heteroatoms. The predicted molar refractivity (Wildman–Crippen MR) is 162 cm³/mol. The van der Waals surface area contributed by atoms with Crippen LogP contribution in [0.25, 0.3) is 5.69 Å². The molecule has 0 fully saturated rings. The van der Waals surface area contributed by atoms with Gasteiger partial charge in [0, 0.05) is 34.3 Å². The molecule has 44 heavy (non-hydrogen) atoms. The third-order valence-electron chi connectivity index (χ3n) is 6.59. The minimum atomic E-state index is -0.677. The number of hydrogen-bond donors (Lipinski definition) is 1. The molecular weight excluding hydrogens is 591 g/mol. The van der Waals surface area contributed by atoms with Crippen molar-refractivity contribution in [2.24, 2.45) is 5.10 Å². The lowest BCUT2D eigenvalue weighted by Gasteiger charge is -2.10. The SMILES string of the molecule is Cc1ccc(C)n1-c1ccc(OCc2ccc(C(=O)N/N=C/c3cc(Cl)c(OCc4ccccc4F)c([N+](=O)[O-])c3)o2)cc1. The number of nitrogens with zero attached hydrogens (tertiary/aromatic N) is 3. The summed E-state index contributed by atoms with van der Waals surface area (Å²) < 4.78 is 32.9. The van der Waals surface area contributed by atoms with Gasteiger partial charge >= 0.3 is 11.6 Å². The van der Waals surface area contributed by atoms with Gasteiger partial charge in [-0.05, 0) is 74.5 Å².